The van der Waals surface area contributed by atoms with Gasteiger partial charge in [-0.25, -0.2) is 4.99 Å². The first-order chi connectivity index (χ1) is 23.6. The number of rotatable bonds is 5. The Morgan fingerprint density at radius 1 is 0.667 bits per heavy atom. The van der Waals surface area contributed by atoms with E-state index in [2.05, 4.69) is 100 Å². The molecular formula is C34H36F6IrNOP2S6-. The molecule has 4 aliphatic heterocycles. The molecule has 1 atom stereocenters. The molecule has 1 fully saturated rings. The SMILES string of the molecule is CC(C)[C@@H]1COC(C2=C(P(c3ccccc3)c3ccccc3)SC(=C3SC4=C(SCCS4)S3)S2)=N1.F[P-](F)(F)(F)(F)F.[CH]1[CH]CC[CH][CH]CC1.[Ir]. The van der Waals surface area contributed by atoms with Crippen LogP contribution in [0.5, 0.6) is 0 Å². The van der Waals surface area contributed by atoms with Crippen LogP contribution in [0.15, 0.2) is 92.2 Å². The molecule has 4 heterocycles. The van der Waals surface area contributed by atoms with Crippen molar-refractivity contribution >= 4 is 103 Å². The Morgan fingerprint density at radius 2 is 1.10 bits per heavy atom. The fraction of sp³-hybridized carbons (Fsp3) is 0.324. The Bertz CT molecular complexity index is 1520. The quantitative estimate of drug-likeness (QED) is 0.217. The van der Waals surface area contributed by atoms with Gasteiger partial charge in [0, 0.05) is 36.3 Å². The molecule has 5 radical (unpaired) electrons. The number of ether oxygens (including phenoxy) is 1. The number of nitrogens with zero attached hydrogens (tertiary/aromatic N) is 1. The van der Waals surface area contributed by atoms with E-state index in [-0.39, 0.29) is 26.1 Å². The Hall–Kier alpha value is 0.319. The zero-order valence-electron chi connectivity index (χ0n) is 27.5. The van der Waals surface area contributed by atoms with E-state index in [1.54, 1.807) is 0 Å². The summed E-state index contributed by atoms with van der Waals surface area (Å²) < 4.78 is 72.7. The van der Waals surface area contributed by atoms with E-state index >= 15 is 0 Å². The molecule has 0 aromatic heterocycles. The molecule has 0 spiro atoms. The fourth-order valence-corrected chi connectivity index (χ4v) is 17.1. The summed E-state index contributed by atoms with van der Waals surface area (Å²) in [6.07, 6.45) is 14.0. The van der Waals surface area contributed by atoms with Crippen LogP contribution in [0.25, 0.3) is 0 Å². The van der Waals surface area contributed by atoms with Gasteiger partial charge in [0.15, 0.2) is 0 Å². The molecule has 1 aliphatic carbocycles. The molecule has 281 valence electrons. The van der Waals surface area contributed by atoms with Gasteiger partial charge in [0.2, 0.25) is 5.90 Å². The fourth-order valence-electron chi connectivity index (χ4n) is 4.71. The Balaban J connectivity index is 0.000000305. The minimum Gasteiger partial charge on any atom is -0.0496 e. The van der Waals surface area contributed by atoms with Crippen molar-refractivity contribution in [1.82, 2.24) is 0 Å². The van der Waals surface area contributed by atoms with E-state index in [0.29, 0.717) is 12.5 Å². The average Bonchev–Trinajstić information content (AvgIpc) is 3.79. The summed E-state index contributed by atoms with van der Waals surface area (Å²) in [5.74, 6) is 3.75. The summed E-state index contributed by atoms with van der Waals surface area (Å²) in [7, 11) is -11.4. The Kier molecular flexibility index (Phi) is 16.4. The van der Waals surface area contributed by atoms with Crippen molar-refractivity contribution < 1.29 is 50.0 Å². The summed E-state index contributed by atoms with van der Waals surface area (Å²) in [6.45, 7) is 5.15. The maximum Gasteiger partial charge on any atom is 0 e. The van der Waals surface area contributed by atoms with Gasteiger partial charge in [-0.15, -0.1) is 23.5 Å². The first-order valence-electron chi connectivity index (χ1n) is 15.8. The molecule has 17 heteroatoms. The maximum atomic E-state index is 9.87. The minimum absolute atomic E-state index is 0. The zero-order chi connectivity index (χ0) is 35.8. The summed E-state index contributed by atoms with van der Waals surface area (Å²) in [5.41, 5.74) is 0. The monoisotopic (exact) mass is 1040 g/mol. The average molecular weight is 1040 g/mol. The first-order valence-corrected chi connectivity index (χ1v) is 24.4. The van der Waals surface area contributed by atoms with Gasteiger partial charge in [-0.1, -0.05) is 122 Å². The van der Waals surface area contributed by atoms with Crippen molar-refractivity contribution in [2.75, 3.05) is 18.1 Å². The molecule has 5 aliphatic rings. The third-order valence-corrected chi connectivity index (χ3v) is 19.0. The van der Waals surface area contributed by atoms with Gasteiger partial charge >= 0.3 is 33.0 Å². The molecule has 2 nitrogen and oxygen atoms in total. The van der Waals surface area contributed by atoms with Gasteiger partial charge in [-0.3, -0.25) is 0 Å². The van der Waals surface area contributed by atoms with E-state index in [1.807, 2.05) is 70.6 Å². The molecule has 2 aromatic rings. The summed E-state index contributed by atoms with van der Waals surface area (Å²) in [6, 6.07) is 22.2. The summed E-state index contributed by atoms with van der Waals surface area (Å²) in [4.78, 5) is 6.31. The van der Waals surface area contributed by atoms with Crippen LogP contribution in [0.3, 0.4) is 0 Å². The second-order valence-electron chi connectivity index (χ2n) is 11.5. The predicted molar refractivity (Wildman–Crippen MR) is 217 cm³/mol. The Morgan fingerprint density at radius 3 is 1.51 bits per heavy atom. The van der Waals surface area contributed by atoms with Gasteiger partial charge in [-0.05, 0) is 75.8 Å². The van der Waals surface area contributed by atoms with Crippen LogP contribution in [0.1, 0.15) is 39.5 Å². The number of aliphatic imine (C=N–C) groups is 1. The predicted octanol–water partition coefficient (Wildman–Crippen LogP) is 14.2. The van der Waals surface area contributed by atoms with Crippen molar-refractivity contribution in [2.45, 2.75) is 45.6 Å². The van der Waals surface area contributed by atoms with Crippen molar-refractivity contribution in [3.05, 3.63) is 113 Å². The largest absolute Gasteiger partial charge is 0.0496 e. The molecule has 7 rings (SSSR count). The third kappa shape index (κ3) is 15.1. The maximum absolute atomic E-state index is 10.7. The second kappa shape index (κ2) is 19.0. The summed E-state index contributed by atoms with van der Waals surface area (Å²) in [5, 5.41) is 2.74. The number of hydrogen-bond donors (Lipinski definition) is 0. The van der Waals surface area contributed by atoms with Crippen LogP contribution >= 0.6 is 86.3 Å². The van der Waals surface area contributed by atoms with Crippen LogP contribution in [-0.2, 0) is 24.8 Å². The third-order valence-electron chi connectivity index (χ3n) is 7.04. The van der Waals surface area contributed by atoms with Gasteiger partial charge < -0.3 is 4.74 Å². The molecule has 0 bridgehead atoms. The number of halogens is 6. The normalized spacial score (nSPS) is 22.3. The summed E-state index contributed by atoms with van der Waals surface area (Å²) >= 11 is 11.8. The number of hydrogen-bond acceptors (Lipinski definition) is 8. The number of benzene rings is 2. The van der Waals surface area contributed by atoms with Crippen molar-refractivity contribution in [2.24, 2.45) is 10.9 Å². The van der Waals surface area contributed by atoms with Crippen molar-refractivity contribution in [3.8, 4) is 0 Å². The second-order valence-corrected chi connectivity index (χ2v) is 23.2. The van der Waals surface area contributed by atoms with E-state index in [4.69, 9.17) is 9.73 Å². The van der Waals surface area contributed by atoms with Gasteiger partial charge in [-0.2, -0.15) is 0 Å². The van der Waals surface area contributed by atoms with E-state index in [0.717, 1.165) is 5.90 Å². The van der Waals surface area contributed by atoms with Crippen LogP contribution in [0.2, 0.25) is 0 Å². The van der Waals surface area contributed by atoms with E-state index < -0.39 is 15.7 Å². The standard InChI is InChI=1S/C26H24NOPS6.C8H12.F6P.Ir/c1-16(2)19-15-28-21(27-19)20-22(29(17-9-5-3-6-10-17)18-11-7-4-8-12-18)33-25(32-20)26-34-23-24(35-26)31-14-13-30-23;1-2-4-6-8-7-5-3-1;1-7(2,3,4,5)6;/h3-12,16,19H,13-15H2,1-2H3;1-2,7-8H,3-6H2;;/q;;-1;/t19-;;;/m0.../s1. The molecule has 0 N–H and O–H groups in total. The minimum atomic E-state index is -10.7. The first kappa shape index (κ1) is 44.0. The van der Waals surface area contributed by atoms with Crippen LogP contribution in [0.4, 0.5) is 25.2 Å². The molecule has 0 amide bonds. The van der Waals surface area contributed by atoms with Crippen LogP contribution in [0, 0.1) is 31.6 Å². The van der Waals surface area contributed by atoms with Crippen LogP contribution < -0.4 is 10.6 Å². The molecule has 1 saturated carbocycles. The smallest absolute Gasteiger partial charge is 0 e. The van der Waals surface area contributed by atoms with Crippen LogP contribution in [-0.4, -0.2) is 30.1 Å². The molecule has 0 saturated heterocycles. The van der Waals surface area contributed by atoms with Crippen molar-refractivity contribution in [3.63, 3.8) is 0 Å². The van der Waals surface area contributed by atoms with Gasteiger partial charge in [0.25, 0.3) is 0 Å². The molecular weight excluding hydrogens is 999 g/mol. The van der Waals surface area contributed by atoms with Gasteiger partial charge in [0.1, 0.15) is 6.61 Å². The van der Waals surface area contributed by atoms with E-state index in [9.17, 15) is 25.2 Å². The topological polar surface area (TPSA) is 21.6 Å². The number of thioether (sulfide) groups is 6. The molecule has 51 heavy (non-hydrogen) atoms. The van der Waals surface area contributed by atoms with Crippen molar-refractivity contribution in [1.29, 1.82) is 0 Å². The van der Waals surface area contributed by atoms with Gasteiger partial charge in [0.05, 0.1) is 27.9 Å². The Labute approximate surface area is 337 Å². The molecule has 0 unspecified atom stereocenters. The zero-order valence-corrected chi connectivity index (χ0v) is 36.6. The molecule has 2 aromatic carbocycles. The van der Waals surface area contributed by atoms with E-state index in [1.165, 1.54) is 74.3 Å².